The summed E-state index contributed by atoms with van der Waals surface area (Å²) in [6, 6.07) is 16.4. The molecule has 5 rings (SSSR count). The third-order valence-electron chi connectivity index (χ3n) is 7.31. The van der Waals surface area contributed by atoms with E-state index in [-0.39, 0.29) is 17.4 Å². The first kappa shape index (κ1) is 20.2. The van der Waals surface area contributed by atoms with Crippen molar-refractivity contribution in [3.8, 4) is 0 Å². The van der Waals surface area contributed by atoms with Gasteiger partial charge in [0.1, 0.15) is 0 Å². The van der Waals surface area contributed by atoms with Gasteiger partial charge < -0.3 is 10.1 Å². The molecule has 1 atom stereocenters. The van der Waals surface area contributed by atoms with Crippen molar-refractivity contribution >= 4 is 39.2 Å². The predicted octanol–water partition coefficient (Wildman–Crippen LogP) is 4.69. The van der Waals surface area contributed by atoms with Crippen molar-refractivity contribution in [3.63, 3.8) is 0 Å². The maximum Gasteiger partial charge on any atom is 0.260 e. The van der Waals surface area contributed by atoms with Crippen LogP contribution >= 0.6 is 28.1 Å². The lowest BCUT2D eigenvalue weighted by atomic mass is 9.61. The van der Waals surface area contributed by atoms with E-state index >= 15 is 0 Å². The topological polar surface area (TPSA) is 41.6 Å². The summed E-state index contributed by atoms with van der Waals surface area (Å²) >= 11 is 9.37. The van der Waals surface area contributed by atoms with Gasteiger partial charge in [-0.05, 0) is 73.1 Å². The largest absolute Gasteiger partial charge is 0.381 e. The van der Waals surface area contributed by atoms with Crippen LogP contribution in [0.3, 0.4) is 0 Å². The van der Waals surface area contributed by atoms with Gasteiger partial charge in [0.15, 0.2) is 10.7 Å². The van der Waals surface area contributed by atoms with E-state index in [1.54, 1.807) is 12.0 Å². The Morgan fingerprint density at radius 2 is 1.93 bits per heavy atom. The molecule has 4 nitrogen and oxygen atoms in total. The van der Waals surface area contributed by atoms with E-state index in [1.807, 2.05) is 30.3 Å². The molecule has 2 aromatic rings. The fraction of sp³-hybridized carbons (Fsp3) is 0.417. The summed E-state index contributed by atoms with van der Waals surface area (Å²) in [7, 11) is 1.79. The number of carbonyl (C=O) groups excluding carboxylic acids is 1. The number of halogens is 1. The number of rotatable bonds is 3. The number of methoxy groups -OCH3 is 1. The van der Waals surface area contributed by atoms with Gasteiger partial charge in [0.25, 0.3) is 5.91 Å². The van der Waals surface area contributed by atoms with Crippen LogP contribution in [-0.4, -0.2) is 29.1 Å². The predicted molar refractivity (Wildman–Crippen MR) is 124 cm³/mol. The normalized spacial score (nSPS) is 30.2. The summed E-state index contributed by atoms with van der Waals surface area (Å²) in [5.74, 6) is 0.0871. The number of benzene rings is 2. The number of nitrogens with one attached hydrogen (secondary N) is 1. The molecule has 0 bridgehead atoms. The molecule has 2 aliphatic carbocycles. The average Bonchev–Trinajstić information content (AvgIpc) is 3.16. The Balaban J connectivity index is 1.59. The van der Waals surface area contributed by atoms with Gasteiger partial charge in [0.05, 0.1) is 12.6 Å². The van der Waals surface area contributed by atoms with Crippen LogP contribution in [0.25, 0.3) is 0 Å². The van der Waals surface area contributed by atoms with Crippen molar-refractivity contribution in [2.75, 3.05) is 7.11 Å². The smallest absolute Gasteiger partial charge is 0.260 e. The van der Waals surface area contributed by atoms with Crippen molar-refractivity contribution in [1.29, 1.82) is 0 Å². The second kappa shape index (κ2) is 7.43. The lowest BCUT2D eigenvalue weighted by Crippen LogP contribution is -2.56. The van der Waals surface area contributed by atoms with Crippen molar-refractivity contribution < 1.29 is 9.53 Å². The third-order valence-corrected chi connectivity index (χ3v) is 8.13. The van der Waals surface area contributed by atoms with E-state index in [4.69, 9.17) is 17.0 Å². The minimum Gasteiger partial charge on any atom is -0.381 e. The van der Waals surface area contributed by atoms with E-state index in [0.29, 0.717) is 11.7 Å². The summed E-state index contributed by atoms with van der Waals surface area (Å²) in [5.41, 5.74) is 2.43. The number of fused-ring (bicyclic) bond motifs is 3. The first-order valence-corrected chi connectivity index (χ1v) is 11.7. The van der Waals surface area contributed by atoms with Crippen molar-refractivity contribution in [2.24, 2.45) is 5.41 Å². The highest BCUT2D eigenvalue weighted by Gasteiger charge is 2.67. The van der Waals surface area contributed by atoms with Crippen LogP contribution in [0.15, 0.2) is 53.0 Å². The van der Waals surface area contributed by atoms with Crippen molar-refractivity contribution in [2.45, 2.75) is 50.3 Å². The van der Waals surface area contributed by atoms with Crippen LogP contribution in [0.2, 0.25) is 0 Å². The van der Waals surface area contributed by atoms with Crippen molar-refractivity contribution in [1.82, 2.24) is 10.2 Å². The average molecular weight is 485 g/mol. The molecular formula is C24H25BrN2O2S. The number of amides is 1. The zero-order valence-electron chi connectivity index (χ0n) is 17.0. The number of ether oxygens (including phenoxy) is 1. The summed E-state index contributed by atoms with van der Waals surface area (Å²) in [4.78, 5) is 15.9. The minimum absolute atomic E-state index is 0.0871. The summed E-state index contributed by atoms with van der Waals surface area (Å²) in [6.45, 7) is 0.493. The van der Waals surface area contributed by atoms with Crippen LogP contribution in [-0.2, 0) is 28.0 Å². The minimum atomic E-state index is -0.795. The molecule has 1 saturated heterocycles. The molecule has 6 heteroatoms. The molecule has 3 aliphatic rings. The summed E-state index contributed by atoms with van der Waals surface area (Å²) < 4.78 is 6.63. The lowest BCUT2D eigenvalue weighted by molar-refractivity contribution is -0.138. The fourth-order valence-electron chi connectivity index (χ4n) is 5.79. The first-order chi connectivity index (χ1) is 14.5. The van der Waals surface area contributed by atoms with Crippen LogP contribution in [0.1, 0.15) is 42.4 Å². The van der Waals surface area contributed by atoms with Gasteiger partial charge in [-0.2, -0.15) is 0 Å². The quantitative estimate of drug-likeness (QED) is 0.641. The van der Waals surface area contributed by atoms with E-state index in [9.17, 15) is 4.79 Å². The van der Waals surface area contributed by atoms with Crippen LogP contribution in [0.4, 0.5) is 0 Å². The van der Waals surface area contributed by atoms with E-state index in [2.05, 4.69) is 39.4 Å². The van der Waals surface area contributed by atoms with Gasteiger partial charge in [-0.3, -0.25) is 9.69 Å². The second-order valence-electron chi connectivity index (χ2n) is 8.75. The lowest BCUT2D eigenvalue weighted by Gasteiger charge is -2.46. The van der Waals surface area contributed by atoms with Gasteiger partial charge >= 0.3 is 0 Å². The maximum atomic E-state index is 14.2. The molecule has 156 valence electrons. The number of hydrogen-bond donors (Lipinski definition) is 1. The van der Waals surface area contributed by atoms with Crippen LogP contribution in [0.5, 0.6) is 0 Å². The zero-order valence-corrected chi connectivity index (χ0v) is 19.4. The Morgan fingerprint density at radius 1 is 1.20 bits per heavy atom. The Hall–Kier alpha value is -1.76. The zero-order chi connectivity index (χ0) is 20.9. The molecule has 1 N–H and O–H groups in total. The monoisotopic (exact) mass is 484 g/mol. The molecular weight excluding hydrogens is 460 g/mol. The Bertz CT molecular complexity index is 1000. The third kappa shape index (κ3) is 2.88. The van der Waals surface area contributed by atoms with Crippen LogP contribution < -0.4 is 5.32 Å². The highest BCUT2D eigenvalue weighted by Crippen LogP contribution is 2.60. The summed E-state index contributed by atoms with van der Waals surface area (Å²) in [5, 5.41) is 4.10. The van der Waals surface area contributed by atoms with Crippen molar-refractivity contribution in [3.05, 3.63) is 69.7 Å². The molecule has 30 heavy (non-hydrogen) atoms. The highest BCUT2D eigenvalue weighted by atomic mass is 79.9. The fourth-order valence-corrected chi connectivity index (χ4v) is 6.46. The number of hydrogen-bond acceptors (Lipinski definition) is 3. The van der Waals surface area contributed by atoms with E-state index < -0.39 is 5.54 Å². The molecule has 2 aromatic carbocycles. The Kier molecular flexibility index (Phi) is 4.99. The number of nitrogens with zero attached hydrogens (tertiary/aromatic N) is 1. The Labute approximate surface area is 191 Å². The van der Waals surface area contributed by atoms with E-state index in [0.717, 1.165) is 47.7 Å². The highest BCUT2D eigenvalue weighted by molar-refractivity contribution is 9.10. The number of thiocarbonyl (C=S) groups is 1. The number of carbonyl (C=O) groups is 1. The van der Waals surface area contributed by atoms with Gasteiger partial charge in [0.2, 0.25) is 0 Å². The van der Waals surface area contributed by atoms with Crippen LogP contribution in [0, 0.1) is 5.41 Å². The summed E-state index contributed by atoms with van der Waals surface area (Å²) in [6.07, 6.45) is 4.98. The molecule has 1 amide bonds. The molecule has 2 spiro atoms. The van der Waals surface area contributed by atoms with Gasteiger partial charge in [0, 0.05) is 17.0 Å². The van der Waals surface area contributed by atoms with E-state index in [1.165, 1.54) is 5.56 Å². The van der Waals surface area contributed by atoms with Gasteiger partial charge in [-0.25, -0.2) is 0 Å². The second-order valence-corrected chi connectivity index (χ2v) is 10.1. The molecule has 1 heterocycles. The molecule has 0 radical (unpaired) electrons. The molecule has 1 aliphatic heterocycles. The SMILES string of the molecule is COC1CCC2(CC1)Cc1ccc(Br)cc1C21NC(=S)N(Cc2ccccc2)C1=O. The first-order valence-electron chi connectivity index (χ1n) is 10.5. The molecule has 0 aromatic heterocycles. The van der Waals surface area contributed by atoms with Gasteiger partial charge in [-0.1, -0.05) is 52.3 Å². The maximum absolute atomic E-state index is 14.2. The molecule has 1 saturated carbocycles. The standard InChI is InChI=1S/C24H25BrN2O2S/c1-29-19-9-11-23(12-10-19)14-17-7-8-18(25)13-20(17)24(23)21(28)27(22(30)26-24)15-16-5-3-2-4-6-16/h2-8,13,19H,9-12,14-15H2,1H3,(H,26,30). The molecule has 1 unspecified atom stereocenters. The Morgan fingerprint density at radius 3 is 2.63 bits per heavy atom. The molecule has 2 fully saturated rings. The van der Waals surface area contributed by atoms with Gasteiger partial charge in [-0.15, -0.1) is 0 Å².